The molecule has 0 bridgehead atoms. The first-order valence-corrected chi connectivity index (χ1v) is 40.1. The minimum Gasteiger partial charge on any atom is -0.393 e. The standard InChI is InChI=1S/C24H26N2O.2C23H26ClNO.C23H26FNO/c25-15-19-6-2-4-8-24(19)20-10-12-21(26-16-20)11-9-18-14-22(27)13-17-5-1-3-7-23(17)18;2*24-20-6-3-5-16(12-20)19-9-11-21(25-15-19)10-8-18-14-22(26)13-17-4-1-2-7-23(17)18;24-23-8-4-3-7-22(23)18-10-12-19(25-15-18)11-9-17-14-20(26)13-16-5-1-2-6-21(16)17/h2,4,6,8-12,16-18,22-23,27H,1,3,5,7,13-14H2;2*3,5-6,8-12,15,17-18,22-23,26H,1-2,4,7,13-14H2;3-4,7-12,15-17,20-21,26H,1-2,5-6,13-14H2/b11-9+;2*10-8+;11-9+/t3*17-,18+,22-,23+;16-,17+,20-,21+/m0000/s1. The highest BCUT2D eigenvalue weighted by Gasteiger charge is 2.41. The van der Waals surface area contributed by atoms with E-state index in [2.05, 4.69) is 98.9 Å². The van der Waals surface area contributed by atoms with Gasteiger partial charge in [0.15, 0.2) is 0 Å². The zero-order chi connectivity index (χ0) is 72.4. The predicted molar refractivity (Wildman–Crippen MR) is 426 cm³/mol. The molecule has 0 radical (unpaired) electrons. The van der Waals surface area contributed by atoms with Crippen molar-refractivity contribution in [1.82, 2.24) is 19.9 Å². The Morgan fingerprint density at radius 3 is 0.981 bits per heavy atom. The highest BCUT2D eigenvalue weighted by Crippen LogP contribution is 2.49. The molecule has 8 aliphatic carbocycles. The Bertz CT molecular complexity index is 4120. The summed E-state index contributed by atoms with van der Waals surface area (Å²) in [6.07, 6.45) is 52.8. The lowest BCUT2D eigenvalue weighted by Gasteiger charge is -2.42. The van der Waals surface area contributed by atoms with E-state index in [4.69, 9.17) is 23.2 Å². The van der Waals surface area contributed by atoms with Gasteiger partial charge < -0.3 is 20.4 Å². The summed E-state index contributed by atoms with van der Waals surface area (Å²) in [6.45, 7) is 0. The number of nitriles is 1. The Hall–Kier alpha value is -7.72. The van der Waals surface area contributed by atoms with E-state index in [1.165, 1.54) is 109 Å². The Kier molecular flexibility index (Phi) is 26.8. The number of pyridine rings is 4. The molecule has 4 aromatic carbocycles. The molecule has 8 saturated carbocycles. The van der Waals surface area contributed by atoms with Crippen molar-refractivity contribution in [2.24, 2.45) is 71.0 Å². The van der Waals surface area contributed by atoms with Crippen LogP contribution in [0.3, 0.4) is 0 Å². The lowest BCUT2D eigenvalue weighted by atomic mass is 9.64. The van der Waals surface area contributed by atoms with Gasteiger partial charge in [-0.25, -0.2) is 4.39 Å². The van der Waals surface area contributed by atoms with Crippen LogP contribution in [0.5, 0.6) is 0 Å². The van der Waals surface area contributed by atoms with Gasteiger partial charge in [0.05, 0.1) is 58.8 Å². The molecule has 0 spiro atoms. The number of aliphatic hydroxyl groups is 4. The fourth-order valence-electron chi connectivity index (χ4n) is 19.4. The highest BCUT2D eigenvalue weighted by molar-refractivity contribution is 6.31. The first-order valence-electron chi connectivity index (χ1n) is 39.4. The van der Waals surface area contributed by atoms with Crippen LogP contribution in [0.4, 0.5) is 4.39 Å². The van der Waals surface area contributed by atoms with Crippen LogP contribution >= 0.6 is 23.2 Å². The third-order valence-corrected chi connectivity index (χ3v) is 25.1. The van der Waals surface area contributed by atoms with Gasteiger partial charge in [0.25, 0.3) is 0 Å². The van der Waals surface area contributed by atoms with E-state index in [9.17, 15) is 30.1 Å². The van der Waals surface area contributed by atoms with Crippen molar-refractivity contribution in [1.29, 1.82) is 5.26 Å². The molecule has 8 fully saturated rings. The van der Waals surface area contributed by atoms with Gasteiger partial charge in [0, 0.05) is 68.2 Å². The van der Waals surface area contributed by atoms with Crippen LogP contribution in [0.25, 0.3) is 68.8 Å². The van der Waals surface area contributed by atoms with E-state index in [0.717, 1.165) is 141 Å². The summed E-state index contributed by atoms with van der Waals surface area (Å²) in [7, 11) is 0. The molecular formula is C93H104Cl2FN5O4. The predicted octanol–water partition coefficient (Wildman–Crippen LogP) is 22.7. The molecule has 105 heavy (non-hydrogen) atoms. The average Bonchev–Trinajstić information content (AvgIpc) is 0.826. The van der Waals surface area contributed by atoms with Crippen molar-refractivity contribution >= 4 is 47.5 Å². The Morgan fingerprint density at radius 1 is 0.343 bits per heavy atom. The first kappa shape index (κ1) is 75.5. The third kappa shape index (κ3) is 20.5. The SMILES string of the molecule is N#Cc1ccccc1-c1ccc(/C=C/[C@@H]2C[C@@H](O)C[C@@H]3CCCC[C@H]32)nc1.O[C@H]1C[C@@H]2CCCC[C@H]2[C@H](/C=C/c2ccc(-c3cccc(Cl)c3)cn2)C1.O[C@H]1C[C@@H]2CCCC[C@H]2[C@H](/C=C/c2ccc(-c3cccc(Cl)c3)cn2)C1.O[C@H]1C[C@@H]2CCCC[C@H]2[C@H](/C=C/c2ccc(-c3ccccc3F)cn2)C1. The number of rotatable bonds is 12. The minimum absolute atomic E-state index is 0.137. The number of nitrogens with zero attached hydrogens (tertiary/aromatic N) is 5. The number of aliphatic hydroxyl groups excluding tert-OH is 4. The zero-order valence-electron chi connectivity index (χ0n) is 60.7. The number of hydrogen-bond acceptors (Lipinski definition) is 9. The molecule has 0 aliphatic heterocycles. The molecule has 12 heteroatoms. The van der Waals surface area contributed by atoms with Crippen molar-refractivity contribution in [2.45, 2.75) is 179 Å². The first-order chi connectivity index (χ1) is 51.3. The molecule has 8 aromatic rings. The van der Waals surface area contributed by atoms with Crippen LogP contribution in [0.15, 0.2) is 195 Å². The number of benzene rings is 4. The summed E-state index contributed by atoms with van der Waals surface area (Å²) in [5.74, 6) is 7.35. The molecule has 9 nitrogen and oxygen atoms in total. The van der Waals surface area contributed by atoms with Crippen molar-refractivity contribution in [2.75, 3.05) is 0 Å². The van der Waals surface area contributed by atoms with E-state index < -0.39 is 0 Å². The summed E-state index contributed by atoms with van der Waals surface area (Å²) in [6, 6.07) is 48.5. The van der Waals surface area contributed by atoms with Gasteiger partial charge >= 0.3 is 0 Å². The van der Waals surface area contributed by atoms with E-state index >= 15 is 0 Å². The second-order valence-electron chi connectivity index (χ2n) is 31.5. The van der Waals surface area contributed by atoms with E-state index in [0.29, 0.717) is 64.4 Å². The fourth-order valence-corrected chi connectivity index (χ4v) is 19.8. The molecule has 546 valence electrons. The third-order valence-electron chi connectivity index (χ3n) is 24.6. The number of allylic oxidation sites excluding steroid dienone is 4. The fraction of sp³-hybridized carbons (Fsp3) is 0.430. The van der Waals surface area contributed by atoms with Gasteiger partial charge in [-0.3, -0.25) is 19.9 Å². The Labute approximate surface area is 632 Å². The van der Waals surface area contributed by atoms with E-state index in [1.807, 2.05) is 122 Å². The zero-order valence-corrected chi connectivity index (χ0v) is 62.2. The van der Waals surface area contributed by atoms with Crippen molar-refractivity contribution in [3.8, 4) is 50.6 Å². The summed E-state index contributed by atoms with van der Waals surface area (Å²) < 4.78 is 13.9. The molecule has 4 heterocycles. The molecule has 4 aromatic heterocycles. The molecular weight excluding hydrogens is 1340 g/mol. The quantitative estimate of drug-likeness (QED) is 0.0935. The molecule has 0 saturated heterocycles. The van der Waals surface area contributed by atoms with Gasteiger partial charge in [-0.15, -0.1) is 0 Å². The molecule has 16 rings (SSSR count). The van der Waals surface area contributed by atoms with Crippen LogP contribution in [-0.2, 0) is 0 Å². The van der Waals surface area contributed by atoms with Gasteiger partial charge in [-0.2, -0.15) is 5.26 Å². The maximum absolute atomic E-state index is 13.9. The van der Waals surface area contributed by atoms with Crippen LogP contribution in [-0.4, -0.2) is 64.8 Å². The Balaban J connectivity index is 0.000000124. The van der Waals surface area contributed by atoms with Crippen molar-refractivity contribution in [3.63, 3.8) is 0 Å². The topological polar surface area (TPSA) is 156 Å². The molecule has 16 atom stereocenters. The summed E-state index contributed by atoms with van der Waals surface area (Å²) >= 11 is 12.2. The summed E-state index contributed by atoms with van der Waals surface area (Å²) in [5, 5.41) is 51.7. The van der Waals surface area contributed by atoms with Crippen LogP contribution < -0.4 is 0 Å². The van der Waals surface area contributed by atoms with Gasteiger partial charge in [0.1, 0.15) is 5.82 Å². The number of aromatic nitrogens is 4. The second-order valence-corrected chi connectivity index (χ2v) is 32.3. The maximum Gasteiger partial charge on any atom is 0.131 e. The number of hydrogen-bond donors (Lipinski definition) is 4. The lowest BCUT2D eigenvalue weighted by molar-refractivity contribution is 0.0230. The van der Waals surface area contributed by atoms with E-state index in [-0.39, 0.29) is 30.2 Å². The second kappa shape index (κ2) is 37.2. The number of halogens is 3. The average molecular weight is 1450 g/mol. The van der Waals surface area contributed by atoms with Crippen molar-refractivity contribution < 1.29 is 24.8 Å². The molecule has 0 amide bonds. The largest absolute Gasteiger partial charge is 0.393 e. The van der Waals surface area contributed by atoms with E-state index in [1.54, 1.807) is 18.3 Å². The van der Waals surface area contributed by atoms with Gasteiger partial charge in [0.2, 0.25) is 0 Å². The minimum atomic E-state index is -0.225. The highest BCUT2D eigenvalue weighted by atomic mass is 35.5. The van der Waals surface area contributed by atoms with Crippen molar-refractivity contribution in [3.05, 3.63) is 239 Å². The number of fused-ring (bicyclic) bond motifs is 4. The molecule has 4 N–H and O–H groups in total. The van der Waals surface area contributed by atoms with Crippen LogP contribution in [0.2, 0.25) is 10.0 Å². The normalized spacial score (nSPS) is 28.6. The monoisotopic (exact) mass is 1440 g/mol. The molecule has 8 aliphatic rings. The lowest BCUT2D eigenvalue weighted by Crippen LogP contribution is -2.36. The van der Waals surface area contributed by atoms with Gasteiger partial charge in [-0.05, 0) is 244 Å². The smallest absolute Gasteiger partial charge is 0.131 e. The summed E-state index contributed by atoms with van der Waals surface area (Å²) in [5.41, 5.74) is 12.0. The maximum atomic E-state index is 13.9. The van der Waals surface area contributed by atoms with Crippen LogP contribution in [0, 0.1) is 88.2 Å². The van der Waals surface area contributed by atoms with Crippen LogP contribution in [0.1, 0.15) is 182 Å². The summed E-state index contributed by atoms with van der Waals surface area (Å²) in [4.78, 5) is 18.3. The van der Waals surface area contributed by atoms with Gasteiger partial charge in [-0.1, -0.05) is 209 Å². The Morgan fingerprint density at radius 2 is 0.657 bits per heavy atom. The molecule has 0 unspecified atom stereocenters.